The van der Waals surface area contributed by atoms with Crippen LogP contribution < -0.4 is 5.73 Å². The van der Waals surface area contributed by atoms with Crippen LogP contribution in [0.5, 0.6) is 0 Å². The summed E-state index contributed by atoms with van der Waals surface area (Å²) >= 11 is 0. The fraction of sp³-hybridized carbons (Fsp3) is 0. The van der Waals surface area contributed by atoms with Crippen molar-refractivity contribution >= 4 is 5.69 Å². The second-order valence-electron chi connectivity index (χ2n) is 7.32. The van der Waals surface area contributed by atoms with E-state index in [1.54, 1.807) is 12.1 Å². The van der Waals surface area contributed by atoms with E-state index >= 15 is 0 Å². The van der Waals surface area contributed by atoms with Gasteiger partial charge in [-0.2, -0.15) is 0 Å². The van der Waals surface area contributed by atoms with Crippen molar-refractivity contribution in [1.29, 1.82) is 0 Å². The molecule has 2 N–H and O–H groups in total. The van der Waals surface area contributed by atoms with Gasteiger partial charge in [0.15, 0.2) is 17.5 Å². The summed E-state index contributed by atoms with van der Waals surface area (Å²) in [5.41, 5.74) is 10.3. The van der Waals surface area contributed by atoms with Gasteiger partial charge in [-0.15, -0.1) is 0 Å². The molecule has 0 aliphatic carbocycles. The summed E-state index contributed by atoms with van der Waals surface area (Å²) in [5.74, 6) is 1.04. The van der Waals surface area contributed by atoms with E-state index in [0.717, 1.165) is 22.3 Å². The highest BCUT2D eigenvalue weighted by Crippen LogP contribution is 2.32. The molecule has 1 heterocycles. The standard InChI is InChI=1S/C27H19FN4/c28-23-16-15-20(17-24(23)29)26-30-25(19-11-5-2-6-12-19)31-27(32-26)22-14-8-7-13-21(22)18-9-3-1-4-10-18/h1-17H,29H2. The molecular weight excluding hydrogens is 399 g/mol. The third-order valence-electron chi connectivity index (χ3n) is 5.17. The lowest BCUT2D eigenvalue weighted by molar-refractivity contribution is 0.632. The minimum absolute atomic E-state index is 0.0513. The second-order valence-corrected chi connectivity index (χ2v) is 7.32. The summed E-state index contributed by atoms with van der Waals surface area (Å²) in [6.45, 7) is 0. The third kappa shape index (κ3) is 3.84. The highest BCUT2D eigenvalue weighted by Gasteiger charge is 2.15. The van der Waals surface area contributed by atoms with Crippen LogP contribution in [-0.2, 0) is 0 Å². The predicted molar refractivity (Wildman–Crippen MR) is 126 cm³/mol. The molecule has 32 heavy (non-hydrogen) atoms. The predicted octanol–water partition coefficient (Wildman–Crippen LogP) is 6.26. The Morgan fingerprint density at radius 1 is 0.500 bits per heavy atom. The van der Waals surface area contributed by atoms with Crippen molar-refractivity contribution in [3.05, 3.63) is 109 Å². The minimum atomic E-state index is -0.472. The molecule has 0 aliphatic rings. The van der Waals surface area contributed by atoms with Gasteiger partial charge >= 0.3 is 0 Å². The van der Waals surface area contributed by atoms with Gasteiger partial charge < -0.3 is 5.73 Å². The molecule has 5 rings (SSSR count). The van der Waals surface area contributed by atoms with E-state index in [9.17, 15) is 4.39 Å². The van der Waals surface area contributed by atoms with Gasteiger partial charge in [0.25, 0.3) is 0 Å². The Morgan fingerprint density at radius 3 is 1.69 bits per heavy atom. The molecule has 5 aromatic rings. The Labute approximate surface area is 185 Å². The molecule has 0 fully saturated rings. The molecule has 0 spiro atoms. The molecule has 0 atom stereocenters. The number of hydrogen-bond acceptors (Lipinski definition) is 4. The highest BCUT2D eigenvalue weighted by atomic mass is 19.1. The van der Waals surface area contributed by atoms with Crippen LogP contribution in [0.1, 0.15) is 0 Å². The molecule has 4 nitrogen and oxygen atoms in total. The molecule has 1 aromatic heterocycles. The Morgan fingerprint density at radius 2 is 1.03 bits per heavy atom. The Balaban J connectivity index is 1.74. The van der Waals surface area contributed by atoms with Gasteiger partial charge in [-0.3, -0.25) is 0 Å². The van der Waals surface area contributed by atoms with Gasteiger partial charge in [-0.05, 0) is 29.3 Å². The van der Waals surface area contributed by atoms with E-state index in [2.05, 4.69) is 17.1 Å². The summed E-state index contributed by atoms with van der Waals surface area (Å²) in [5, 5.41) is 0. The molecule has 0 amide bonds. The van der Waals surface area contributed by atoms with E-state index in [1.165, 1.54) is 6.07 Å². The topological polar surface area (TPSA) is 64.7 Å². The number of halogens is 1. The quantitative estimate of drug-likeness (QED) is 0.350. The first-order valence-corrected chi connectivity index (χ1v) is 10.2. The van der Waals surface area contributed by atoms with Crippen molar-refractivity contribution in [1.82, 2.24) is 15.0 Å². The van der Waals surface area contributed by atoms with E-state index in [1.807, 2.05) is 72.8 Å². The maximum absolute atomic E-state index is 13.8. The van der Waals surface area contributed by atoms with Crippen molar-refractivity contribution in [3.8, 4) is 45.3 Å². The van der Waals surface area contributed by atoms with Crippen LogP contribution in [0.3, 0.4) is 0 Å². The van der Waals surface area contributed by atoms with Crippen LogP contribution in [0.25, 0.3) is 45.3 Å². The maximum atomic E-state index is 13.8. The van der Waals surface area contributed by atoms with Crippen LogP contribution in [-0.4, -0.2) is 15.0 Å². The van der Waals surface area contributed by atoms with Crippen molar-refractivity contribution in [2.75, 3.05) is 5.73 Å². The number of nitrogen functional groups attached to an aromatic ring is 1. The molecule has 5 heteroatoms. The van der Waals surface area contributed by atoms with Gasteiger partial charge in [-0.1, -0.05) is 84.9 Å². The number of hydrogen-bond donors (Lipinski definition) is 1. The molecule has 0 radical (unpaired) electrons. The number of nitrogens with two attached hydrogens (primary N) is 1. The van der Waals surface area contributed by atoms with Gasteiger partial charge in [-0.25, -0.2) is 19.3 Å². The Bertz CT molecular complexity index is 1390. The zero-order valence-corrected chi connectivity index (χ0v) is 17.1. The van der Waals surface area contributed by atoms with E-state index in [-0.39, 0.29) is 5.69 Å². The summed E-state index contributed by atoms with van der Waals surface area (Å²) in [7, 11) is 0. The second kappa shape index (κ2) is 8.40. The zero-order valence-electron chi connectivity index (χ0n) is 17.1. The lowest BCUT2D eigenvalue weighted by Gasteiger charge is -2.12. The van der Waals surface area contributed by atoms with Gasteiger partial charge in [0.1, 0.15) is 5.82 Å². The molecule has 4 aromatic carbocycles. The van der Waals surface area contributed by atoms with Crippen LogP contribution in [0.15, 0.2) is 103 Å². The molecule has 154 valence electrons. The average molecular weight is 418 g/mol. The monoisotopic (exact) mass is 418 g/mol. The van der Waals surface area contributed by atoms with E-state index in [0.29, 0.717) is 23.0 Å². The lowest BCUT2D eigenvalue weighted by atomic mass is 9.99. The number of aromatic nitrogens is 3. The first-order chi connectivity index (χ1) is 15.7. The van der Waals surface area contributed by atoms with Crippen LogP contribution in [0.2, 0.25) is 0 Å². The normalized spacial score (nSPS) is 10.8. The molecule has 0 saturated heterocycles. The Kier molecular flexibility index (Phi) is 5.14. The van der Waals surface area contributed by atoms with Crippen molar-refractivity contribution in [3.63, 3.8) is 0 Å². The fourth-order valence-corrected chi connectivity index (χ4v) is 3.57. The Hall–Kier alpha value is -4.38. The van der Waals surface area contributed by atoms with Crippen LogP contribution in [0, 0.1) is 5.82 Å². The van der Waals surface area contributed by atoms with Gasteiger partial charge in [0.05, 0.1) is 5.69 Å². The molecule has 0 unspecified atom stereocenters. The van der Waals surface area contributed by atoms with E-state index in [4.69, 9.17) is 15.7 Å². The fourth-order valence-electron chi connectivity index (χ4n) is 3.57. The van der Waals surface area contributed by atoms with Gasteiger partial charge in [0, 0.05) is 16.7 Å². The number of rotatable bonds is 4. The maximum Gasteiger partial charge on any atom is 0.164 e. The number of benzene rings is 4. The average Bonchev–Trinajstić information content (AvgIpc) is 2.86. The van der Waals surface area contributed by atoms with Crippen molar-refractivity contribution in [2.45, 2.75) is 0 Å². The highest BCUT2D eigenvalue weighted by molar-refractivity contribution is 5.81. The smallest absolute Gasteiger partial charge is 0.164 e. The number of nitrogens with zero attached hydrogens (tertiary/aromatic N) is 3. The van der Waals surface area contributed by atoms with Crippen molar-refractivity contribution < 1.29 is 4.39 Å². The first-order valence-electron chi connectivity index (χ1n) is 10.2. The van der Waals surface area contributed by atoms with Crippen molar-refractivity contribution in [2.24, 2.45) is 0 Å². The summed E-state index contributed by atoms with van der Waals surface area (Å²) < 4.78 is 13.8. The summed E-state index contributed by atoms with van der Waals surface area (Å²) in [4.78, 5) is 14.2. The zero-order chi connectivity index (χ0) is 21.9. The summed E-state index contributed by atoms with van der Waals surface area (Å²) in [6, 6.07) is 32.3. The van der Waals surface area contributed by atoms with Gasteiger partial charge in [0.2, 0.25) is 0 Å². The van der Waals surface area contributed by atoms with E-state index < -0.39 is 5.82 Å². The molecule has 0 saturated carbocycles. The third-order valence-corrected chi connectivity index (χ3v) is 5.17. The summed E-state index contributed by atoms with van der Waals surface area (Å²) in [6.07, 6.45) is 0. The molecular formula is C27H19FN4. The first kappa shape index (κ1) is 19.6. The van der Waals surface area contributed by atoms with Crippen LogP contribution in [0.4, 0.5) is 10.1 Å². The molecule has 0 aliphatic heterocycles. The minimum Gasteiger partial charge on any atom is -0.396 e. The number of anilines is 1. The largest absolute Gasteiger partial charge is 0.396 e. The molecule has 0 bridgehead atoms. The van der Waals surface area contributed by atoms with Crippen LogP contribution >= 0.6 is 0 Å². The SMILES string of the molecule is Nc1cc(-c2nc(-c3ccccc3)nc(-c3ccccc3-c3ccccc3)n2)ccc1F. The lowest BCUT2D eigenvalue weighted by Crippen LogP contribution is -2.01.